The number of hydrogen-bond donors (Lipinski definition) is 1. The molecule has 4 rings (SSSR count). The summed E-state index contributed by atoms with van der Waals surface area (Å²) < 4.78 is 7.69. The predicted octanol–water partition coefficient (Wildman–Crippen LogP) is 5.21. The van der Waals surface area contributed by atoms with Crippen molar-refractivity contribution in [1.29, 1.82) is 0 Å². The first-order valence-corrected chi connectivity index (χ1v) is 11.0. The van der Waals surface area contributed by atoms with Gasteiger partial charge >= 0.3 is 5.97 Å². The Morgan fingerprint density at radius 2 is 1.69 bits per heavy atom. The summed E-state index contributed by atoms with van der Waals surface area (Å²) >= 11 is 6.74. The number of carboxylic acids is 1. The zero-order chi connectivity index (χ0) is 23.0. The molecule has 1 amide bonds. The fourth-order valence-electron chi connectivity index (χ4n) is 3.65. The molecule has 0 bridgehead atoms. The molecular formula is C24H20N2O4S2. The van der Waals surface area contributed by atoms with Gasteiger partial charge in [-0.2, -0.15) is 0 Å². The number of aryl methyl sites for hydroxylation is 1. The Balaban J connectivity index is 1.65. The minimum Gasteiger partial charge on any atom is -0.497 e. The van der Waals surface area contributed by atoms with E-state index in [1.807, 2.05) is 30.6 Å². The second-order valence-electron chi connectivity index (χ2n) is 7.23. The lowest BCUT2D eigenvalue weighted by Gasteiger charge is -2.14. The predicted molar refractivity (Wildman–Crippen MR) is 131 cm³/mol. The van der Waals surface area contributed by atoms with Crippen LogP contribution >= 0.6 is 24.0 Å². The second kappa shape index (κ2) is 8.64. The number of hydrogen-bond acceptors (Lipinski definition) is 5. The number of carbonyl (C=O) groups is 2. The molecule has 1 aliphatic heterocycles. The van der Waals surface area contributed by atoms with Crippen LogP contribution in [-0.4, -0.2) is 33.0 Å². The van der Waals surface area contributed by atoms with Gasteiger partial charge in [-0.15, -0.1) is 0 Å². The molecule has 6 nitrogen and oxygen atoms in total. The fourth-order valence-corrected chi connectivity index (χ4v) is 4.94. The van der Waals surface area contributed by atoms with E-state index in [2.05, 4.69) is 0 Å². The lowest BCUT2D eigenvalue weighted by molar-refractivity contribution is -0.113. The standard InChI is InChI=1S/C24H20N2O4S2/c1-14-12-17(15(2)25(14)18-6-4-16(5-7-18)23(28)29)13-21-22(27)26(24(31)32-21)19-8-10-20(30-3)11-9-19/h4-13H,1-3H3,(H,28,29)/b21-13-. The number of nitrogens with zero attached hydrogens (tertiary/aromatic N) is 2. The molecule has 2 aromatic carbocycles. The summed E-state index contributed by atoms with van der Waals surface area (Å²) in [5.41, 5.74) is 4.61. The first-order chi connectivity index (χ1) is 15.3. The van der Waals surface area contributed by atoms with Gasteiger partial charge in [-0.05, 0) is 80.1 Å². The van der Waals surface area contributed by atoms with Crippen LogP contribution in [0.3, 0.4) is 0 Å². The Labute approximate surface area is 195 Å². The number of amides is 1. The highest BCUT2D eigenvalue weighted by molar-refractivity contribution is 8.27. The van der Waals surface area contributed by atoms with Crippen molar-refractivity contribution in [3.63, 3.8) is 0 Å². The lowest BCUT2D eigenvalue weighted by Crippen LogP contribution is -2.27. The Morgan fingerprint density at radius 3 is 2.28 bits per heavy atom. The Kier molecular flexibility index (Phi) is 5.90. The molecule has 1 aromatic heterocycles. The number of thiocarbonyl (C=S) groups is 1. The zero-order valence-electron chi connectivity index (χ0n) is 17.7. The minimum absolute atomic E-state index is 0.166. The number of aromatic nitrogens is 1. The number of aromatic carboxylic acids is 1. The molecule has 162 valence electrons. The van der Waals surface area contributed by atoms with Crippen molar-refractivity contribution in [3.05, 3.63) is 82.0 Å². The van der Waals surface area contributed by atoms with Gasteiger partial charge in [0.25, 0.3) is 5.91 Å². The Bertz CT molecular complexity index is 1260. The van der Waals surface area contributed by atoms with Crippen LogP contribution in [0.2, 0.25) is 0 Å². The molecule has 8 heteroatoms. The smallest absolute Gasteiger partial charge is 0.335 e. The van der Waals surface area contributed by atoms with Crippen molar-refractivity contribution >= 4 is 51.9 Å². The lowest BCUT2D eigenvalue weighted by atomic mass is 10.2. The van der Waals surface area contributed by atoms with Gasteiger partial charge in [0, 0.05) is 17.1 Å². The molecule has 0 spiro atoms. The van der Waals surface area contributed by atoms with Crippen LogP contribution in [-0.2, 0) is 4.79 Å². The van der Waals surface area contributed by atoms with Crippen LogP contribution in [0.5, 0.6) is 5.75 Å². The third-order valence-electron chi connectivity index (χ3n) is 5.25. The minimum atomic E-state index is -0.961. The molecule has 0 saturated carbocycles. The Morgan fingerprint density at radius 1 is 1.06 bits per heavy atom. The van der Waals surface area contributed by atoms with Gasteiger partial charge in [0.1, 0.15) is 5.75 Å². The summed E-state index contributed by atoms with van der Waals surface area (Å²) in [5.74, 6) is -0.420. The van der Waals surface area contributed by atoms with Crippen LogP contribution in [0.1, 0.15) is 27.3 Å². The molecular weight excluding hydrogens is 444 g/mol. The number of thioether (sulfide) groups is 1. The van der Waals surface area contributed by atoms with Gasteiger partial charge in [-0.3, -0.25) is 9.69 Å². The largest absolute Gasteiger partial charge is 0.497 e. The van der Waals surface area contributed by atoms with Crippen LogP contribution in [0, 0.1) is 13.8 Å². The summed E-state index contributed by atoms with van der Waals surface area (Å²) in [5, 5.41) is 9.13. The number of ether oxygens (including phenoxy) is 1. The maximum Gasteiger partial charge on any atom is 0.335 e. The zero-order valence-corrected chi connectivity index (χ0v) is 19.3. The van der Waals surface area contributed by atoms with Gasteiger partial charge < -0.3 is 14.4 Å². The number of benzene rings is 2. The van der Waals surface area contributed by atoms with Crippen molar-refractivity contribution in [2.24, 2.45) is 0 Å². The third kappa shape index (κ3) is 3.94. The third-order valence-corrected chi connectivity index (χ3v) is 6.56. The van der Waals surface area contributed by atoms with Crippen LogP contribution in [0.25, 0.3) is 11.8 Å². The van der Waals surface area contributed by atoms with E-state index in [0.29, 0.717) is 20.7 Å². The molecule has 0 unspecified atom stereocenters. The first kappa shape index (κ1) is 21.9. The van der Waals surface area contributed by atoms with Crippen molar-refractivity contribution in [3.8, 4) is 11.4 Å². The maximum atomic E-state index is 13.1. The van der Waals surface area contributed by atoms with Gasteiger partial charge in [0.2, 0.25) is 0 Å². The van der Waals surface area contributed by atoms with Crippen molar-refractivity contribution in [2.75, 3.05) is 12.0 Å². The van der Waals surface area contributed by atoms with Gasteiger partial charge in [-0.1, -0.05) is 24.0 Å². The van der Waals surface area contributed by atoms with Crippen molar-refractivity contribution < 1.29 is 19.4 Å². The molecule has 2 heterocycles. The monoisotopic (exact) mass is 464 g/mol. The average molecular weight is 465 g/mol. The summed E-state index contributed by atoms with van der Waals surface area (Å²) in [4.78, 5) is 26.3. The number of rotatable bonds is 5. The van der Waals surface area contributed by atoms with Gasteiger partial charge in [0.05, 0.1) is 23.3 Å². The highest BCUT2D eigenvalue weighted by Crippen LogP contribution is 2.37. The molecule has 0 aliphatic carbocycles. The molecule has 1 fully saturated rings. The maximum absolute atomic E-state index is 13.1. The average Bonchev–Trinajstić information content (AvgIpc) is 3.22. The quantitative estimate of drug-likeness (QED) is 0.413. The van der Waals surface area contributed by atoms with Gasteiger partial charge in [0.15, 0.2) is 4.32 Å². The summed E-state index contributed by atoms with van der Waals surface area (Å²) in [6.45, 7) is 3.94. The number of methoxy groups -OCH3 is 1. The first-order valence-electron chi connectivity index (χ1n) is 9.75. The summed E-state index contributed by atoms with van der Waals surface area (Å²) in [7, 11) is 1.59. The van der Waals surface area contributed by atoms with E-state index >= 15 is 0 Å². The normalized spacial score (nSPS) is 15.0. The molecule has 1 N–H and O–H groups in total. The van der Waals surface area contributed by atoms with E-state index < -0.39 is 5.97 Å². The molecule has 1 aliphatic rings. The molecule has 32 heavy (non-hydrogen) atoms. The van der Waals surface area contributed by atoms with E-state index in [1.165, 1.54) is 16.7 Å². The van der Waals surface area contributed by atoms with Crippen molar-refractivity contribution in [1.82, 2.24) is 4.57 Å². The highest BCUT2D eigenvalue weighted by atomic mass is 32.2. The van der Waals surface area contributed by atoms with E-state index in [-0.39, 0.29) is 11.5 Å². The van der Waals surface area contributed by atoms with Crippen LogP contribution < -0.4 is 9.64 Å². The number of carboxylic acid groups (broad SMARTS) is 1. The topological polar surface area (TPSA) is 71.8 Å². The Hall–Kier alpha value is -3.36. The van der Waals surface area contributed by atoms with E-state index in [0.717, 1.165) is 22.6 Å². The van der Waals surface area contributed by atoms with E-state index in [4.69, 9.17) is 22.1 Å². The van der Waals surface area contributed by atoms with E-state index in [1.54, 1.807) is 55.6 Å². The second-order valence-corrected chi connectivity index (χ2v) is 8.90. The summed E-state index contributed by atoms with van der Waals surface area (Å²) in [6, 6.07) is 15.9. The number of anilines is 1. The molecule has 1 saturated heterocycles. The molecule has 0 radical (unpaired) electrons. The SMILES string of the molecule is COc1ccc(N2C(=O)/C(=C/c3cc(C)n(-c4ccc(C(=O)O)cc4)c3C)SC2=S)cc1. The summed E-state index contributed by atoms with van der Waals surface area (Å²) in [6.07, 6.45) is 1.85. The van der Waals surface area contributed by atoms with E-state index in [9.17, 15) is 9.59 Å². The molecule has 3 aromatic rings. The molecule has 0 atom stereocenters. The van der Waals surface area contributed by atoms with Crippen LogP contribution in [0.4, 0.5) is 5.69 Å². The highest BCUT2D eigenvalue weighted by Gasteiger charge is 2.33. The fraction of sp³-hybridized carbons (Fsp3) is 0.125. The van der Waals surface area contributed by atoms with Crippen LogP contribution in [0.15, 0.2) is 59.5 Å². The number of carbonyl (C=O) groups excluding carboxylic acids is 1. The van der Waals surface area contributed by atoms with Gasteiger partial charge in [-0.25, -0.2) is 4.79 Å². The van der Waals surface area contributed by atoms with Crippen molar-refractivity contribution in [2.45, 2.75) is 13.8 Å².